The Morgan fingerprint density at radius 3 is 2.59 bits per heavy atom. The molecule has 4 rings (SSSR count). The van der Waals surface area contributed by atoms with Gasteiger partial charge >= 0.3 is 0 Å². The lowest BCUT2D eigenvalue weighted by Gasteiger charge is -2.18. The average molecular weight is 358 g/mol. The number of carbonyl (C=O) groups is 1. The van der Waals surface area contributed by atoms with E-state index in [1.807, 2.05) is 78.9 Å². The second-order valence-corrected chi connectivity index (χ2v) is 6.11. The number of hydrogen-bond acceptors (Lipinski definition) is 5. The Balaban J connectivity index is 1.74. The van der Waals surface area contributed by atoms with Crippen LogP contribution >= 0.6 is 0 Å². The molecule has 1 heterocycles. The molecular weight excluding hydrogens is 340 g/mol. The smallest absolute Gasteiger partial charge is 0.228 e. The van der Waals surface area contributed by atoms with Gasteiger partial charge in [0.15, 0.2) is 0 Å². The van der Waals surface area contributed by atoms with Crippen LogP contribution in [-0.4, -0.2) is 18.0 Å². The van der Waals surface area contributed by atoms with Gasteiger partial charge in [0, 0.05) is 11.8 Å². The van der Waals surface area contributed by atoms with Crippen LogP contribution in [0.3, 0.4) is 0 Å². The SMILES string of the molecule is COc1cccc(NC(C(=O)c2onc3ccccc23)c2ccccc2)c1. The maximum Gasteiger partial charge on any atom is 0.228 e. The first-order chi connectivity index (χ1) is 13.3. The highest BCUT2D eigenvalue weighted by Gasteiger charge is 2.27. The van der Waals surface area contributed by atoms with Crippen molar-refractivity contribution in [3.05, 3.63) is 90.2 Å². The van der Waals surface area contributed by atoms with Gasteiger partial charge in [0.05, 0.1) is 12.5 Å². The number of Topliss-reactive ketones (excluding diaryl/α,β-unsaturated/α-hetero) is 1. The molecule has 0 spiro atoms. The van der Waals surface area contributed by atoms with Crippen LogP contribution < -0.4 is 10.1 Å². The summed E-state index contributed by atoms with van der Waals surface area (Å²) in [5.41, 5.74) is 2.28. The number of anilines is 1. The van der Waals surface area contributed by atoms with Gasteiger partial charge < -0.3 is 14.6 Å². The van der Waals surface area contributed by atoms with Crippen molar-refractivity contribution in [1.29, 1.82) is 0 Å². The van der Waals surface area contributed by atoms with Gasteiger partial charge in [0.25, 0.3) is 0 Å². The Labute approximate surface area is 156 Å². The topological polar surface area (TPSA) is 64.4 Å². The highest BCUT2D eigenvalue weighted by Crippen LogP contribution is 2.28. The van der Waals surface area contributed by atoms with Gasteiger partial charge in [0.1, 0.15) is 17.3 Å². The van der Waals surface area contributed by atoms with Gasteiger partial charge in [-0.1, -0.05) is 53.7 Å². The molecule has 0 saturated carbocycles. The normalized spacial score (nSPS) is 11.9. The lowest BCUT2D eigenvalue weighted by Crippen LogP contribution is -2.21. The standard InChI is InChI=1S/C22H18N2O3/c1-26-17-11-7-10-16(14-17)23-20(15-8-3-2-4-9-15)21(25)22-18-12-5-6-13-19(18)24-27-22/h2-14,20,23H,1H3. The van der Waals surface area contributed by atoms with Gasteiger partial charge in [-0.05, 0) is 29.8 Å². The molecule has 0 aliphatic rings. The highest BCUT2D eigenvalue weighted by atomic mass is 16.5. The third-order valence-corrected chi connectivity index (χ3v) is 4.38. The zero-order chi connectivity index (χ0) is 18.6. The van der Waals surface area contributed by atoms with E-state index in [-0.39, 0.29) is 11.5 Å². The van der Waals surface area contributed by atoms with E-state index in [0.29, 0.717) is 16.7 Å². The monoisotopic (exact) mass is 358 g/mol. The first kappa shape index (κ1) is 16.8. The molecule has 0 bridgehead atoms. The van der Waals surface area contributed by atoms with E-state index in [2.05, 4.69) is 10.5 Å². The number of hydrogen-bond donors (Lipinski definition) is 1. The predicted molar refractivity (Wildman–Crippen MR) is 104 cm³/mol. The van der Waals surface area contributed by atoms with Crippen molar-refractivity contribution in [1.82, 2.24) is 5.16 Å². The molecule has 0 aliphatic carbocycles. The van der Waals surface area contributed by atoms with Gasteiger partial charge in [0.2, 0.25) is 11.5 Å². The summed E-state index contributed by atoms with van der Waals surface area (Å²) in [7, 11) is 1.61. The highest BCUT2D eigenvalue weighted by molar-refractivity contribution is 6.08. The zero-order valence-electron chi connectivity index (χ0n) is 14.8. The number of nitrogens with zero attached hydrogens (tertiary/aromatic N) is 1. The predicted octanol–water partition coefficient (Wildman–Crippen LogP) is 4.87. The zero-order valence-corrected chi connectivity index (χ0v) is 14.8. The molecule has 0 radical (unpaired) electrons. The maximum atomic E-state index is 13.4. The quantitative estimate of drug-likeness (QED) is 0.498. The number of rotatable bonds is 6. The van der Waals surface area contributed by atoms with Crippen LogP contribution in [0.1, 0.15) is 22.2 Å². The summed E-state index contributed by atoms with van der Waals surface area (Å²) in [6, 6.07) is 23.8. The Bertz CT molecular complexity index is 1070. The van der Waals surface area contributed by atoms with Gasteiger partial charge in [-0.3, -0.25) is 4.79 Å². The summed E-state index contributed by atoms with van der Waals surface area (Å²) in [4.78, 5) is 13.4. The van der Waals surface area contributed by atoms with E-state index >= 15 is 0 Å². The average Bonchev–Trinajstić information content (AvgIpc) is 3.16. The number of benzene rings is 3. The summed E-state index contributed by atoms with van der Waals surface area (Å²) in [5.74, 6) is 0.775. The largest absolute Gasteiger partial charge is 0.497 e. The summed E-state index contributed by atoms with van der Waals surface area (Å²) in [5, 5.41) is 8.02. The van der Waals surface area contributed by atoms with E-state index < -0.39 is 6.04 Å². The molecule has 0 aliphatic heterocycles. The molecule has 1 N–H and O–H groups in total. The molecule has 4 aromatic rings. The number of aromatic nitrogens is 1. The molecule has 5 nitrogen and oxygen atoms in total. The fraction of sp³-hybridized carbons (Fsp3) is 0.0909. The summed E-state index contributed by atoms with van der Waals surface area (Å²) < 4.78 is 10.7. The molecule has 1 unspecified atom stereocenters. The first-order valence-corrected chi connectivity index (χ1v) is 8.60. The molecule has 0 amide bonds. The molecule has 5 heteroatoms. The van der Waals surface area contributed by atoms with Crippen molar-refractivity contribution in [2.45, 2.75) is 6.04 Å². The molecule has 3 aromatic carbocycles. The lowest BCUT2D eigenvalue weighted by atomic mass is 9.99. The first-order valence-electron chi connectivity index (χ1n) is 8.60. The number of carbonyl (C=O) groups excluding carboxylic acids is 1. The third-order valence-electron chi connectivity index (χ3n) is 4.38. The van der Waals surface area contributed by atoms with Crippen LogP contribution in [0.15, 0.2) is 83.4 Å². The molecule has 134 valence electrons. The minimum absolute atomic E-state index is 0.183. The molecule has 1 aromatic heterocycles. The Morgan fingerprint density at radius 1 is 1.00 bits per heavy atom. The Morgan fingerprint density at radius 2 is 1.78 bits per heavy atom. The number of methoxy groups -OCH3 is 1. The molecular formula is C22H18N2O3. The number of nitrogens with one attached hydrogen (secondary N) is 1. The Hall–Kier alpha value is -3.60. The number of ether oxygens (including phenoxy) is 1. The van der Waals surface area contributed by atoms with E-state index in [1.165, 1.54) is 0 Å². The van der Waals surface area contributed by atoms with Crippen LogP contribution in [-0.2, 0) is 0 Å². The van der Waals surface area contributed by atoms with Crippen LogP contribution in [0, 0.1) is 0 Å². The van der Waals surface area contributed by atoms with E-state index in [4.69, 9.17) is 9.26 Å². The molecule has 1 atom stereocenters. The summed E-state index contributed by atoms with van der Waals surface area (Å²) in [6.07, 6.45) is 0. The number of ketones is 1. The van der Waals surface area contributed by atoms with Crippen molar-refractivity contribution in [3.63, 3.8) is 0 Å². The maximum absolute atomic E-state index is 13.4. The van der Waals surface area contributed by atoms with Crippen LogP contribution in [0.4, 0.5) is 5.69 Å². The van der Waals surface area contributed by atoms with Crippen LogP contribution in [0.25, 0.3) is 10.9 Å². The lowest BCUT2D eigenvalue weighted by molar-refractivity contribution is 0.0935. The third kappa shape index (κ3) is 3.40. The van der Waals surface area contributed by atoms with Crippen molar-refractivity contribution in [2.75, 3.05) is 12.4 Å². The van der Waals surface area contributed by atoms with Gasteiger partial charge in [-0.25, -0.2) is 0 Å². The van der Waals surface area contributed by atoms with E-state index in [9.17, 15) is 4.79 Å². The summed E-state index contributed by atoms with van der Waals surface area (Å²) >= 11 is 0. The van der Waals surface area contributed by atoms with E-state index in [1.54, 1.807) is 7.11 Å². The fourth-order valence-electron chi connectivity index (χ4n) is 3.02. The fourth-order valence-corrected chi connectivity index (χ4v) is 3.02. The molecule has 0 fully saturated rings. The van der Waals surface area contributed by atoms with Crippen LogP contribution in [0.5, 0.6) is 5.75 Å². The van der Waals surface area contributed by atoms with Crippen LogP contribution in [0.2, 0.25) is 0 Å². The summed E-state index contributed by atoms with van der Waals surface area (Å²) in [6.45, 7) is 0. The Kier molecular flexibility index (Phi) is 4.58. The van der Waals surface area contributed by atoms with Crippen molar-refractivity contribution < 1.29 is 14.1 Å². The van der Waals surface area contributed by atoms with Crippen molar-refractivity contribution in [2.24, 2.45) is 0 Å². The minimum Gasteiger partial charge on any atom is -0.497 e. The van der Waals surface area contributed by atoms with E-state index in [0.717, 1.165) is 11.3 Å². The minimum atomic E-state index is -0.616. The number of fused-ring (bicyclic) bond motifs is 1. The second-order valence-electron chi connectivity index (χ2n) is 6.11. The van der Waals surface area contributed by atoms with Crippen molar-refractivity contribution >= 4 is 22.4 Å². The molecule has 27 heavy (non-hydrogen) atoms. The van der Waals surface area contributed by atoms with Crippen molar-refractivity contribution in [3.8, 4) is 5.75 Å². The second kappa shape index (κ2) is 7.33. The van der Waals surface area contributed by atoms with Gasteiger partial charge in [-0.2, -0.15) is 0 Å². The van der Waals surface area contributed by atoms with Gasteiger partial charge in [-0.15, -0.1) is 0 Å². The molecule has 0 saturated heterocycles.